The number of phenolic OH excluding ortho intramolecular Hbond substituents is 1. The van der Waals surface area contributed by atoms with E-state index in [4.69, 9.17) is 4.74 Å². The standard InChI is InChI=1S/C15H24N2O2/c1-3-17-8-4-5-13(11-17)16-10-12-6-7-14(19-2)9-15(12)18/h6-7,9,13,16,18H,3-5,8,10-11H2,1-2H3. The molecular weight excluding hydrogens is 240 g/mol. The van der Waals surface area contributed by atoms with Crippen LogP contribution in [-0.2, 0) is 6.54 Å². The maximum Gasteiger partial charge on any atom is 0.123 e. The van der Waals surface area contributed by atoms with Crippen molar-refractivity contribution in [1.82, 2.24) is 10.2 Å². The second-order valence-corrected chi connectivity index (χ2v) is 5.11. The Kier molecular flexibility index (Phi) is 5.05. The number of nitrogens with zero attached hydrogens (tertiary/aromatic N) is 1. The Morgan fingerprint density at radius 1 is 1.47 bits per heavy atom. The van der Waals surface area contributed by atoms with Crippen LogP contribution in [0.1, 0.15) is 25.3 Å². The fraction of sp³-hybridized carbons (Fsp3) is 0.600. The zero-order valence-electron chi connectivity index (χ0n) is 11.9. The molecule has 19 heavy (non-hydrogen) atoms. The number of likely N-dealkylation sites (N-methyl/N-ethyl adjacent to an activating group) is 1. The predicted octanol–water partition coefficient (Wildman–Crippen LogP) is 1.97. The Balaban J connectivity index is 1.88. The van der Waals surface area contributed by atoms with Crippen molar-refractivity contribution in [2.24, 2.45) is 0 Å². The van der Waals surface area contributed by atoms with Gasteiger partial charge in [0.2, 0.25) is 0 Å². The summed E-state index contributed by atoms with van der Waals surface area (Å²) in [6.45, 7) is 6.34. The van der Waals surface area contributed by atoms with Gasteiger partial charge in [-0.15, -0.1) is 0 Å². The summed E-state index contributed by atoms with van der Waals surface area (Å²) in [4.78, 5) is 2.47. The molecule has 1 aromatic rings. The van der Waals surface area contributed by atoms with E-state index < -0.39 is 0 Å². The van der Waals surface area contributed by atoms with E-state index in [9.17, 15) is 5.11 Å². The summed E-state index contributed by atoms with van der Waals surface area (Å²) in [7, 11) is 1.61. The fourth-order valence-corrected chi connectivity index (χ4v) is 2.58. The van der Waals surface area contributed by atoms with Crippen LogP contribution >= 0.6 is 0 Å². The van der Waals surface area contributed by atoms with Gasteiger partial charge < -0.3 is 20.1 Å². The van der Waals surface area contributed by atoms with Gasteiger partial charge in [-0.3, -0.25) is 0 Å². The van der Waals surface area contributed by atoms with Gasteiger partial charge in [-0.2, -0.15) is 0 Å². The first-order valence-corrected chi connectivity index (χ1v) is 7.04. The quantitative estimate of drug-likeness (QED) is 0.853. The summed E-state index contributed by atoms with van der Waals surface area (Å²) in [5.41, 5.74) is 0.925. The maximum atomic E-state index is 9.92. The summed E-state index contributed by atoms with van der Waals surface area (Å²) in [5, 5.41) is 13.5. The van der Waals surface area contributed by atoms with E-state index in [0.717, 1.165) is 18.7 Å². The predicted molar refractivity (Wildman–Crippen MR) is 76.6 cm³/mol. The first-order chi connectivity index (χ1) is 9.22. The molecule has 1 fully saturated rings. The van der Waals surface area contributed by atoms with Crippen molar-refractivity contribution in [3.63, 3.8) is 0 Å². The van der Waals surface area contributed by atoms with Crippen LogP contribution in [0.15, 0.2) is 18.2 Å². The molecular formula is C15H24N2O2. The van der Waals surface area contributed by atoms with Crippen LogP contribution in [0.2, 0.25) is 0 Å². The molecule has 0 amide bonds. The number of likely N-dealkylation sites (tertiary alicyclic amines) is 1. The Hall–Kier alpha value is -1.26. The largest absolute Gasteiger partial charge is 0.507 e. The summed E-state index contributed by atoms with van der Waals surface area (Å²) in [5.74, 6) is 0.992. The molecule has 0 radical (unpaired) electrons. The van der Waals surface area contributed by atoms with Gasteiger partial charge >= 0.3 is 0 Å². The van der Waals surface area contributed by atoms with E-state index in [0.29, 0.717) is 24.1 Å². The minimum absolute atomic E-state index is 0.301. The lowest BCUT2D eigenvalue weighted by Crippen LogP contribution is -2.45. The lowest BCUT2D eigenvalue weighted by molar-refractivity contribution is 0.198. The zero-order chi connectivity index (χ0) is 13.7. The summed E-state index contributed by atoms with van der Waals surface area (Å²) in [6.07, 6.45) is 2.47. The fourth-order valence-electron chi connectivity index (χ4n) is 2.58. The number of ether oxygens (including phenoxy) is 1. The van der Waals surface area contributed by atoms with Gasteiger partial charge in [0, 0.05) is 30.8 Å². The summed E-state index contributed by atoms with van der Waals surface area (Å²) < 4.78 is 5.09. The minimum Gasteiger partial charge on any atom is -0.507 e. The van der Waals surface area contributed by atoms with Crippen molar-refractivity contribution in [3.05, 3.63) is 23.8 Å². The van der Waals surface area contributed by atoms with E-state index in [2.05, 4.69) is 17.1 Å². The molecule has 1 aliphatic heterocycles. The highest BCUT2D eigenvalue weighted by Crippen LogP contribution is 2.23. The topological polar surface area (TPSA) is 44.7 Å². The highest BCUT2D eigenvalue weighted by molar-refractivity contribution is 5.39. The molecule has 1 aromatic carbocycles. The average molecular weight is 264 g/mol. The van der Waals surface area contributed by atoms with Crippen LogP contribution in [0.5, 0.6) is 11.5 Å². The van der Waals surface area contributed by atoms with Gasteiger partial charge in [-0.1, -0.05) is 13.0 Å². The van der Waals surface area contributed by atoms with Crippen LogP contribution in [0.25, 0.3) is 0 Å². The van der Waals surface area contributed by atoms with Crippen LogP contribution in [-0.4, -0.2) is 42.8 Å². The van der Waals surface area contributed by atoms with Crippen molar-refractivity contribution in [3.8, 4) is 11.5 Å². The van der Waals surface area contributed by atoms with Crippen molar-refractivity contribution in [1.29, 1.82) is 0 Å². The number of methoxy groups -OCH3 is 1. The molecule has 1 unspecified atom stereocenters. The second kappa shape index (κ2) is 6.78. The maximum absolute atomic E-state index is 9.92. The first kappa shape index (κ1) is 14.2. The molecule has 0 spiro atoms. The second-order valence-electron chi connectivity index (χ2n) is 5.11. The molecule has 1 heterocycles. The molecule has 4 nitrogen and oxygen atoms in total. The molecule has 1 saturated heterocycles. The Morgan fingerprint density at radius 2 is 2.32 bits per heavy atom. The van der Waals surface area contributed by atoms with Crippen LogP contribution < -0.4 is 10.1 Å². The third-order valence-corrected chi connectivity index (χ3v) is 3.83. The van der Waals surface area contributed by atoms with E-state index >= 15 is 0 Å². The molecule has 0 aromatic heterocycles. The summed E-state index contributed by atoms with van der Waals surface area (Å²) in [6, 6.07) is 5.99. The molecule has 106 valence electrons. The third kappa shape index (κ3) is 3.85. The first-order valence-electron chi connectivity index (χ1n) is 7.04. The van der Waals surface area contributed by atoms with Crippen LogP contribution in [0.3, 0.4) is 0 Å². The van der Waals surface area contributed by atoms with E-state index in [-0.39, 0.29) is 0 Å². The molecule has 1 aliphatic rings. The molecule has 1 atom stereocenters. The number of phenols is 1. The summed E-state index contributed by atoms with van der Waals surface area (Å²) >= 11 is 0. The van der Waals surface area contributed by atoms with Gasteiger partial charge in [-0.25, -0.2) is 0 Å². The normalized spacial score (nSPS) is 20.4. The number of piperidine rings is 1. The highest BCUT2D eigenvalue weighted by atomic mass is 16.5. The third-order valence-electron chi connectivity index (χ3n) is 3.83. The molecule has 2 N–H and O–H groups in total. The van der Waals surface area contributed by atoms with Gasteiger partial charge in [0.1, 0.15) is 11.5 Å². The number of aromatic hydroxyl groups is 1. The smallest absolute Gasteiger partial charge is 0.123 e. The number of hydrogen-bond donors (Lipinski definition) is 2. The van der Waals surface area contributed by atoms with E-state index in [1.165, 1.54) is 19.4 Å². The van der Waals surface area contributed by atoms with Crippen molar-refractivity contribution in [2.45, 2.75) is 32.4 Å². The zero-order valence-corrected chi connectivity index (χ0v) is 11.9. The number of hydrogen-bond acceptors (Lipinski definition) is 4. The Bertz CT molecular complexity index is 409. The van der Waals surface area contributed by atoms with Gasteiger partial charge in [0.15, 0.2) is 0 Å². The minimum atomic E-state index is 0.301. The molecule has 2 rings (SSSR count). The Labute approximate surface area is 115 Å². The van der Waals surface area contributed by atoms with Crippen LogP contribution in [0.4, 0.5) is 0 Å². The number of benzene rings is 1. The van der Waals surface area contributed by atoms with E-state index in [1.54, 1.807) is 13.2 Å². The lowest BCUT2D eigenvalue weighted by atomic mass is 10.1. The number of rotatable bonds is 5. The van der Waals surface area contributed by atoms with Crippen LogP contribution in [0, 0.1) is 0 Å². The monoisotopic (exact) mass is 264 g/mol. The SMILES string of the molecule is CCN1CCCC(NCc2ccc(OC)cc2O)C1. The molecule has 0 bridgehead atoms. The molecule has 0 saturated carbocycles. The van der Waals surface area contributed by atoms with E-state index in [1.807, 2.05) is 12.1 Å². The average Bonchev–Trinajstić information content (AvgIpc) is 2.46. The lowest BCUT2D eigenvalue weighted by Gasteiger charge is -2.32. The molecule has 4 heteroatoms. The van der Waals surface area contributed by atoms with Gasteiger partial charge in [0.05, 0.1) is 7.11 Å². The number of nitrogens with one attached hydrogen (secondary N) is 1. The van der Waals surface area contributed by atoms with Crippen molar-refractivity contribution in [2.75, 3.05) is 26.7 Å². The molecule has 0 aliphatic carbocycles. The van der Waals surface area contributed by atoms with Gasteiger partial charge in [0.25, 0.3) is 0 Å². The highest BCUT2D eigenvalue weighted by Gasteiger charge is 2.18. The Morgan fingerprint density at radius 3 is 3.00 bits per heavy atom. The van der Waals surface area contributed by atoms with Gasteiger partial charge in [-0.05, 0) is 32.0 Å². The van der Waals surface area contributed by atoms with Crippen molar-refractivity contribution >= 4 is 0 Å². The van der Waals surface area contributed by atoms with Crippen molar-refractivity contribution < 1.29 is 9.84 Å².